The molecule has 2 aliphatic rings. The number of hydrogen-bond acceptors (Lipinski definition) is 3. The summed E-state index contributed by atoms with van der Waals surface area (Å²) in [6.45, 7) is 0. The van der Waals surface area contributed by atoms with E-state index in [1.54, 1.807) is 12.1 Å². The quantitative estimate of drug-likeness (QED) is 0.633. The molecule has 1 aromatic rings. The molecular weight excluding hydrogens is 240 g/mol. The first-order valence-corrected chi connectivity index (χ1v) is 7.00. The Morgan fingerprint density at radius 3 is 2.37 bits per heavy atom. The van der Waals surface area contributed by atoms with E-state index in [0.717, 1.165) is 5.69 Å². The highest BCUT2D eigenvalue weighted by Crippen LogP contribution is 2.24. The van der Waals surface area contributed by atoms with Crippen molar-refractivity contribution in [2.75, 3.05) is 5.32 Å². The van der Waals surface area contributed by atoms with E-state index in [2.05, 4.69) is 10.6 Å². The molecule has 0 spiro atoms. The van der Waals surface area contributed by atoms with Gasteiger partial charge in [0.2, 0.25) is 0 Å². The molecule has 0 unspecified atom stereocenters. The van der Waals surface area contributed by atoms with Gasteiger partial charge in [0.15, 0.2) is 0 Å². The van der Waals surface area contributed by atoms with E-state index in [9.17, 15) is 9.59 Å². The van der Waals surface area contributed by atoms with Crippen LogP contribution in [0.5, 0.6) is 0 Å². The monoisotopic (exact) mass is 258 g/mol. The third-order valence-electron chi connectivity index (χ3n) is 3.96. The molecule has 0 bridgehead atoms. The van der Waals surface area contributed by atoms with E-state index in [4.69, 9.17) is 0 Å². The Morgan fingerprint density at radius 1 is 0.947 bits per heavy atom. The molecule has 0 atom stereocenters. The molecular formula is C15H18N2O2. The van der Waals surface area contributed by atoms with E-state index in [1.807, 2.05) is 6.07 Å². The van der Waals surface area contributed by atoms with Gasteiger partial charge in [0, 0.05) is 11.7 Å². The first-order chi connectivity index (χ1) is 9.24. The zero-order valence-electron chi connectivity index (χ0n) is 10.9. The van der Waals surface area contributed by atoms with Gasteiger partial charge in [0.1, 0.15) is 0 Å². The van der Waals surface area contributed by atoms with Gasteiger partial charge in [0.05, 0.1) is 11.1 Å². The van der Waals surface area contributed by atoms with Crippen molar-refractivity contribution in [1.82, 2.24) is 5.32 Å². The highest BCUT2D eigenvalue weighted by Gasteiger charge is 2.26. The molecule has 4 nitrogen and oxygen atoms in total. The molecule has 2 amide bonds. The van der Waals surface area contributed by atoms with Crippen molar-refractivity contribution in [3.8, 4) is 0 Å². The number of fused-ring (bicyclic) bond motifs is 1. The Kier molecular flexibility index (Phi) is 3.23. The van der Waals surface area contributed by atoms with Crippen molar-refractivity contribution in [3.63, 3.8) is 0 Å². The highest BCUT2D eigenvalue weighted by molar-refractivity contribution is 6.21. The maximum absolute atomic E-state index is 11.6. The number of benzene rings is 1. The molecule has 0 aromatic heterocycles. The standard InChI is InChI=1S/C15H18N2O2/c18-14-12-8-7-11(9-13(12)15(19)17-14)16-10-5-3-1-2-4-6-10/h7-10,16H,1-6H2,(H,17,18,19). The van der Waals surface area contributed by atoms with Gasteiger partial charge in [-0.25, -0.2) is 0 Å². The second-order valence-corrected chi connectivity index (χ2v) is 5.38. The average Bonchev–Trinajstić information content (AvgIpc) is 2.60. The lowest BCUT2D eigenvalue weighted by Gasteiger charge is -2.17. The van der Waals surface area contributed by atoms with E-state index in [-0.39, 0.29) is 11.8 Å². The normalized spacial score (nSPS) is 19.8. The summed E-state index contributed by atoms with van der Waals surface area (Å²) in [6.07, 6.45) is 7.53. The van der Waals surface area contributed by atoms with Gasteiger partial charge in [-0.05, 0) is 31.0 Å². The summed E-state index contributed by atoms with van der Waals surface area (Å²) in [5, 5.41) is 5.81. The molecule has 3 rings (SSSR count). The number of amides is 2. The summed E-state index contributed by atoms with van der Waals surface area (Å²) >= 11 is 0. The summed E-state index contributed by atoms with van der Waals surface area (Å²) in [5.74, 6) is -0.578. The highest BCUT2D eigenvalue weighted by atomic mass is 16.2. The van der Waals surface area contributed by atoms with Crippen LogP contribution in [0, 0.1) is 0 Å². The molecule has 1 saturated carbocycles. The number of rotatable bonds is 2. The molecule has 1 aromatic carbocycles. The fraction of sp³-hybridized carbons (Fsp3) is 0.467. The largest absolute Gasteiger partial charge is 0.382 e. The first kappa shape index (κ1) is 12.2. The zero-order chi connectivity index (χ0) is 13.2. The Hall–Kier alpha value is -1.84. The van der Waals surface area contributed by atoms with Crippen molar-refractivity contribution in [2.24, 2.45) is 0 Å². The second-order valence-electron chi connectivity index (χ2n) is 5.38. The van der Waals surface area contributed by atoms with Crippen molar-refractivity contribution in [2.45, 2.75) is 44.6 Å². The molecule has 1 aliphatic carbocycles. The van der Waals surface area contributed by atoms with Gasteiger partial charge in [-0.2, -0.15) is 0 Å². The molecule has 100 valence electrons. The van der Waals surface area contributed by atoms with E-state index >= 15 is 0 Å². The third kappa shape index (κ3) is 2.48. The van der Waals surface area contributed by atoms with E-state index in [0.29, 0.717) is 17.2 Å². The Balaban J connectivity index is 1.77. The summed E-state index contributed by atoms with van der Waals surface area (Å²) in [7, 11) is 0. The minimum absolute atomic E-state index is 0.287. The minimum Gasteiger partial charge on any atom is -0.382 e. The van der Waals surface area contributed by atoms with E-state index < -0.39 is 0 Å². The number of nitrogens with one attached hydrogen (secondary N) is 2. The third-order valence-corrected chi connectivity index (χ3v) is 3.96. The maximum atomic E-state index is 11.6. The molecule has 1 fully saturated rings. The van der Waals surface area contributed by atoms with Crippen LogP contribution in [0.4, 0.5) is 5.69 Å². The molecule has 19 heavy (non-hydrogen) atoms. The Labute approximate surface area is 112 Å². The SMILES string of the molecule is O=C1NC(=O)c2cc(NC3CCCCCC3)ccc21. The lowest BCUT2D eigenvalue weighted by molar-refractivity contribution is 0.0879. The van der Waals surface area contributed by atoms with Gasteiger partial charge < -0.3 is 5.32 Å². The molecule has 2 N–H and O–H groups in total. The first-order valence-electron chi connectivity index (χ1n) is 7.00. The number of carbonyl (C=O) groups excluding carboxylic acids is 2. The zero-order valence-corrected chi connectivity index (χ0v) is 10.9. The van der Waals surface area contributed by atoms with Gasteiger partial charge in [-0.15, -0.1) is 0 Å². The number of carbonyl (C=O) groups is 2. The average molecular weight is 258 g/mol. The van der Waals surface area contributed by atoms with E-state index in [1.165, 1.54) is 38.5 Å². The van der Waals surface area contributed by atoms with Crippen LogP contribution in [-0.4, -0.2) is 17.9 Å². The van der Waals surface area contributed by atoms with Crippen molar-refractivity contribution < 1.29 is 9.59 Å². The van der Waals surface area contributed by atoms with Crippen LogP contribution in [-0.2, 0) is 0 Å². The second kappa shape index (κ2) is 5.03. The minimum atomic E-state index is -0.291. The fourth-order valence-electron chi connectivity index (χ4n) is 2.92. The van der Waals surface area contributed by atoms with Gasteiger partial charge in [0.25, 0.3) is 11.8 Å². The number of imide groups is 1. The summed E-state index contributed by atoms with van der Waals surface area (Å²) in [6, 6.07) is 5.90. The molecule has 1 heterocycles. The molecule has 0 radical (unpaired) electrons. The van der Waals surface area contributed by atoms with Crippen LogP contribution >= 0.6 is 0 Å². The predicted octanol–water partition coefficient (Wildman–Crippen LogP) is 2.70. The molecule has 4 heteroatoms. The lowest BCUT2D eigenvalue weighted by atomic mass is 10.1. The maximum Gasteiger partial charge on any atom is 0.259 e. The smallest absolute Gasteiger partial charge is 0.259 e. The van der Waals surface area contributed by atoms with Crippen LogP contribution in [0.1, 0.15) is 59.2 Å². The summed E-state index contributed by atoms with van der Waals surface area (Å²) < 4.78 is 0. The topological polar surface area (TPSA) is 58.2 Å². The van der Waals surface area contributed by atoms with Crippen LogP contribution in [0.25, 0.3) is 0 Å². The van der Waals surface area contributed by atoms with Crippen LogP contribution in [0.3, 0.4) is 0 Å². The van der Waals surface area contributed by atoms with Crippen molar-refractivity contribution in [3.05, 3.63) is 29.3 Å². The Morgan fingerprint density at radius 2 is 1.63 bits per heavy atom. The van der Waals surface area contributed by atoms with Crippen LogP contribution < -0.4 is 10.6 Å². The van der Waals surface area contributed by atoms with Crippen molar-refractivity contribution >= 4 is 17.5 Å². The van der Waals surface area contributed by atoms with Crippen molar-refractivity contribution in [1.29, 1.82) is 0 Å². The summed E-state index contributed by atoms with van der Waals surface area (Å²) in [5.41, 5.74) is 1.91. The van der Waals surface area contributed by atoms with Crippen LogP contribution in [0.15, 0.2) is 18.2 Å². The number of anilines is 1. The molecule has 1 aliphatic heterocycles. The van der Waals surface area contributed by atoms with Gasteiger partial charge in [-0.3, -0.25) is 14.9 Å². The Bertz CT molecular complexity index is 517. The van der Waals surface area contributed by atoms with Crippen LogP contribution in [0.2, 0.25) is 0 Å². The number of hydrogen-bond donors (Lipinski definition) is 2. The lowest BCUT2D eigenvalue weighted by Crippen LogP contribution is -2.20. The predicted molar refractivity (Wildman–Crippen MR) is 73.4 cm³/mol. The van der Waals surface area contributed by atoms with Gasteiger partial charge in [-0.1, -0.05) is 25.7 Å². The molecule has 0 saturated heterocycles. The van der Waals surface area contributed by atoms with Gasteiger partial charge >= 0.3 is 0 Å². The summed E-state index contributed by atoms with van der Waals surface area (Å²) in [4.78, 5) is 23.1. The fourth-order valence-corrected chi connectivity index (χ4v) is 2.92.